The Morgan fingerprint density at radius 2 is 1.96 bits per heavy atom. The molecule has 1 aromatic heterocycles. The number of amides is 2. The summed E-state index contributed by atoms with van der Waals surface area (Å²) < 4.78 is 5.09. The van der Waals surface area contributed by atoms with Gasteiger partial charge in [-0.2, -0.15) is 0 Å². The number of thiazole rings is 1. The Morgan fingerprint density at radius 3 is 2.46 bits per heavy atom. The molecule has 0 aromatic carbocycles. The number of aryl methyl sites for hydroxylation is 2. The van der Waals surface area contributed by atoms with Crippen molar-refractivity contribution in [2.75, 3.05) is 32.1 Å². The van der Waals surface area contributed by atoms with Crippen LogP contribution in [0.25, 0.3) is 0 Å². The molecule has 1 unspecified atom stereocenters. The first-order chi connectivity index (χ1) is 12.0. The highest BCUT2D eigenvalue weighted by atomic mass is 32.1. The van der Waals surface area contributed by atoms with Crippen molar-refractivity contribution in [3.63, 3.8) is 0 Å². The van der Waals surface area contributed by atoms with Crippen LogP contribution in [-0.4, -0.2) is 48.5 Å². The smallest absolute Gasteiger partial charge is 0.245 e. The first kappa shape index (κ1) is 22.6. The number of methoxy groups -OCH3 is 1. The number of carbonyl (C=O) groups is 2. The first-order valence-electron chi connectivity index (χ1n) is 9.02. The van der Waals surface area contributed by atoms with Crippen molar-refractivity contribution in [2.45, 2.75) is 54.4 Å². The van der Waals surface area contributed by atoms with Crippen molar-refractivity contribution < 1.29 is 14.3 Å². The number of anilines is 1. The zero-order valence-electron chi connectivity index (χ0n) is 17.1. The minimum absolute atomic E-state index is 0.0135. The van der Waals surface area contributed by atoms with E-state index in [0.29, 0.717) is 24.7 Å². The molecule has 0 fully saturated rings. The molecule has 7 heteroatoms. The number of rotatable bonds is 9. The van der Waals surface area contributed by atoms with Crippen LogP contribution in [0, 0.1) is 25.2 Å². The van der Waals surface area contributed by atoms with E-state index < -0.39 is 0 Å². The van der Waals surface area contributed by atoms with E-state index in [-0.39, 0.29) is 29.7 Å². The molecule has 1 atom stereocenters. The SMILES string of the molecule is COCCN(CC(=O)Nc1nc(C)c(C)s1)C(=O)CC(C)CC(C)(C)C. The van der Waals surface area contributed by atoms with Crippen LogP contribution >= 0.6 is 11.3 Å². The van der Waals surface area contributed by atoms with Crippen LogP contribution in [0.1, 0.15) is 51.1 Å². The largest absolute Gasteiger partial charge is 0.383 e. The summed E-state index contributed by atoms with van der Waals surface area (Å²) >= 11 is 1.44. The van der Waals surface area contributed by atoms with Crippen molar-refractivity contribution in [3.8, 4) is 0 Å². The van der Waals surface area contributed by atoms with Gasteiger partial charge in [-0.25, -0.2) is 4.98 Å². The molecule has 0 aliphatic heterocycles. The molecule has 1 aromatic rings. The van der Waals surface area contributed by atoms with E-state index >= 15 is 0 Å². The van der Waals surface area contributed by atoms with E-state index in [0.717, 1.165) is 17.0 Å². The second-order valence-electron chi connectivity index (χ2n) is 8.09. The minimum atomic E-state index is -0.230. The molecule has 1 heterocycles. The molecule has 2 amide bonds. The molecular formula is C19H33N3O3S. The predicted molar refractivity (Wildman–Crippen MR) is 107 cm³/mol. The molecule has 0 saturated carbocycles. The second kappa shape index (κ2) is 10.0. The highest BCUT2D eigenvalue weighted by Gasteiger charge is 2.22. The fraction of sp³-hybridized carbons (Fsp3) is 0.737. The normalized spacial score (nSPS) is 12.7. The van der Waals surface area contributed by atoms with Crippen molar-refractivity contribution in [1.82, 2.24) is 9.88 Å². The van der Waals surface area contributed by atoms with Gasteiger partial charge in [0.05, 0.1) is 12.3 Å². The fourth-order valence-corrected chi connectivity index (χ4v) is 3.73. The standard InChI is InChI=1S/C19H33N3O3S/c1-13(11-19(4,5)6)10-17(24)22(8-9-25-7)12-16(23)21-18-20-14(2)15(3)26-18/h13H,8-12H2,1-7H3,(H,20,21,23). The molecule has 0 aliphatic carbocycles. The van der Waals surface area contributed by atoms with Gasteiger partial charge in [-0.1, -0.05) is 27.7 Å². The Balaban J connectivity index is 2.66. The van der Waals surface area contributed by atoms with Gasteiger partial charge in [0.1, 0.15) is 6.54 Å². The van der Waals surface area contributed by atoms with E-state index in [1.54, 1.807) is 12.0 Å². The highest BCUT2D eigenvalue weighted by molar-refractivity contribution is 7.15. The topological polar surface area (TPSA) is 71.5 Å². The number of carbonyl (C=O) groups excluding carboxylic acids is 2. The minimum Gasteiger partial charge on any atom is -0.383 e. The number of ether oxygens (including phenoxy) is 1. The lowest BCUT2D eigenvalue weighted by molar-refractivity contribution is -0.136. The van der Waals surface area contributed by atoms with Crippen LogP contribution in [0.15, 0.2) is 0 Å². The third-order valence-electron chi connectivity index (χ3n) is 4.01. The van der Waals surface area contributed by atoms with Crippen LogP contribution in [0.3, 0.4) is 0 Å². The number of hydrogen-bond acceptors (Lipinski definition) is 5. The Kier molecular flexibility index (Phi) is 8.70. The van der Waals surface area contributed by atoms with Gasteiger partial charge in [0.15, 0.2) is 5.13 Å². The molecule has 148 valence electrons. The number of nitrogens with one attached hydrogen (secondary N) is 1. The van der Waals surface area contributed by atoms with E-state index in [1.807, 2.05) is 13.8 Å². The summed E-state index contributed by atoms with van der Waals surface area (Å²) in [4.78, 5) is 32.0. The van der Waals surface area contributed by atoms with Crippen molar-refractivity contribution in [3.05, 3.63) is 10.6 Å². The van der Waals surface area contributed by atoms with Crippen LogP contribution in [-0.2, 0) is 14.3 Å². The molecule has 26 heavy (non-hydrogen) atoms. The van der Waals surface area contributed by atoms with E-state index in [9.17, 15) is 9.59 Å². The molecule has 0 aliphatic rings. The molecule has 6 nitrogen and oxygen atoms in total. The van der Waals surface area contributed by atoms with Crippen molar-refractivity contribution in [1.29, 1.82) is 0 Å². The van der Waals surface area contributed by atoms with Crippen LogP contribution in [0.2, 0.25) is 0 Å². The van der Waals surface area contributed by atoms with Crippen LogP contribution < -0.4 is 5.32 Å². The maximum Gasteiger partial charge on any atom is 0.245 e. The third-order valence-corrected chi connectivity index (χ3v) is 5.00. The summed E-state index contributed by atoms with van der Waals surface area (Å²) in [6.07, 6.45) is 1.39. The fourth-order valence-electron chi connectivity index (χ4n) is 2.90. The Labute approximate surface area is 161 Å². The van der Waals surface area contributed by atoms with Crippen molar-refractivity contribution in [2.24, 2.45) is 11.3 Å². The number of nitrogens with zero attached hydrogens (tertiary/aromatic N) is 2. The monoisotopic (exact) mass is 383 g/mol. The molecule has 1 rings (SSSR count). The quantitative estimate of drug-likeness (QED) is 0.707. The van der Waals surface area contributed by atoms with Gasteiger partial charge in [-0.05, 0) is 31.6 Å². The van der Waals surface area contributed by atoms with Gasteiger partial charge in [-0.15, -0.1) is 11.3 Å². The van der Waals surface area contributed by atoms with Gasteiger partial charge in [0, 0.05) is 25.0 Å². The molecular weight excluding hydrogens is 350 g/mol. The molecule has 1 N–H and O–H groups in total. The molecule has 0 saturated heterocycles. The molecule has 0 bridgehead atoms. The van der Waals surface area contributed by atoms with E-state index in [1.165, 1.54) is 11.3 Å². The summed E-state index contributed by atoms with van der Waals surface area (Å²) in [5.74, 6) is 0.0204. The van der Waals surface area contributed by atoms with Gasteiger partial charge in [0.25, 0.3) is 0 Å². The summed E-state index contributed by atoms with van der Waals surface area (Å²) in [5, 5.41) is 3.36. The lowest BCUT2D eigenvalue weighted by Crippen LogP contribution is -2.40. The maximum atomic E-state index is 12.7. The Bertz CT molecular complexity index is 588. The molecule has 0 spiro atoms. The van der Waals surface area contributed by atoms with Gasteiger partial charge in [-0.3, -0.25) is 9.59 Å². The lowest BCUT2D eigenvalue weighted by atomic mass is 9.84. The lowest BCUT2D eigenvalue weighted by Gasteiger charge is -2.26. The number of hydrogen-bond donors (Lipinski definition) is 1. The summed E-state index contributed by atoms with van der Waals surface area (Å²) in [6, 6.07) is 0. The predicted octanol–water partition coefficient (Wildman–Crippen LogP) is 3.64. The van der Waals surface area contributed by atoms with E-state index in [2.05, 4.69) is 38.0 Å². The summed E-state index contributed by atoms with van der Waals surface area (Å²) in [6.45, 7) is 13.3. The van der Waals surface area contributed by atoms with Crippen molar-refractivity contribution >= 4 is 28.3 Å². The maximum absolute atomic E-state index is 12.7. The van der Waals surface area contributed by atoms with Gasteiger partial charge < -0.3 is 15.0 Å². The first-order valence-corrected chi connectivity index (χ1v) is 9.84. The average Bonchev–Trinajstić information content (AvgIpc) is 2.79. The summed E-state index contributed by atoms with van der Waals surface area (Å²) in [5.41, 5.74) is 1.09. The van der Waals surface area contributed by atoms with E-state index in [4.69, 9.17) is 4.74 Å². The molecule has 0 radical (unpaired) electrons. The van der Waals surface area contributed by atoms with Crippen LogP contribution in [0.5, 0.6) is 0 Å². The summed E-state index contributed by atoms with van der Waals surface area (Å²) in [7, 11) is 1.59. The third kappa shape index (κ3) is 8.27. The Hall–Kier alpha value is -1.47. The Morgan fingerprint density at radius 1 is 1.31 bits per heavy atom. The zero-order valence-corrected chi connectivity index (χ0v) is 18.0. The van der Waals surface area contributed by atoms with Crippen LogP contribution in [0.4, 0.5) is 5.13 Å². The van der Waals surface area contributed by atoms with Gasteiger partial charge in [0.2, 0.25) is 11.8 Å². The second-order valence-corrected chi connectivity index (χ2v) is 9.29. The van der Waals surface area contributed by atoms with Gasteiger partial charge >= 0.3 is 0 Å². The average molecular weight is 384 g/mol. The highest BCUT2D eigenvalue weighted by Crippen LogP contribution is 2.26. The number of aromatic nitrogens is 1. The zero-order chi connectivity index (χ0) is 19.9.